The third-order valence-corrected chi connectivity index (χ3v) is 3.08. The number of rotatable bonds is 4. The van der Waals surface area contributed by atoms with Crippen LogP contribution in [0.5, 0.6) is 17.2 Å². The Kier molecular flexibility index (Phi) is 3.64. The molecule has 0 radical (unpaired) electrons. The molecule has 0 amide bonds. The van der Waals surface area contributed by atoms with Crippen molar-refractivity contribution in [2.75, 3.05) is 13.2 Å². The van der Waals surface area contributed by atoms with Crippen molar-refractivity contribution in [2.24, 2.45) is 0 Å². The lowest BCUT2D eigenvalue weighted by molar-refractivity contribution is 0.0534. The van der Waals surface area contributed by atoms with Crippen LogP contribution in [0.2, 0.25) is 0 Å². The molecule has 0 spiro atoms. The summed E-state index contributed by atoms with van der Waals surface area (Å²) in [5, 5.41) is 8.94. The number of fused-ring (bicyclic) bond motifs is 1. The average molecular weight is 286 g/mol. The minimum Gasteiger partial charge on any atom is -0.490 e. The van der Waals surface area contributed by atoms with Gasteiger partial charge in [0.1, 0.15) is 19.0 Å². The number of benzene rings is 2. The van der Waals surface area contributed by atoms with Crippen LogP contribution in [0.4, 0.5) is 0 Å². The monoisotopic (exact) mass is 286 g/mol. The van der Waals surface area contributed by atoms with Crippen molar-refractivity contribution in [1.29, 1.82) is 0 Å². The molecule has 0 aliphatic carbocycles. The highest BCUT2D eigenvalue weighted by molar-refractivity contribution is 5.87. The maximum Gasteiger partial charge on any atom is 0.335 e. The molecule has 0 aromatic heterocycles. The molecule has 2 aromatic rings. The quantitative estimate of drug-likeness (QED) is 0.936. The van der Waals surface area contributed by atoms with Gasteiger partial charge in [-0.25, -0.2) is 4.79 Å². The van der Waals surface area contributed by atoms with Crippen molar-refractivity contribution in [3.63, 3.8) is 0 Å². The molecular weight excluding hydrogens is 272 g/mol. The molecule has 1 heterocycles. The van der Waals surface area contributed by atoms with Crippen LogP contribution in [0.25, 0.3) is 0 Å². The fraction of sp³-hybridized carbons (Fsp3) is 0.188. The summed E-state index contributed by atoms with van der Waals surface area (Å²) in [5.41, 5.74) is 0.193. The molecule has 3 rings (SSSR count). The Morgan fingerprint density at radius 1 is 1.19 bits per heavy atom. The van der Waals surface area contributed by atoms with E-state index in [0.29, 0.717) is 18.1 Å². The van der Waals surface area contributed by atoms with Crippen LogP contribution in [0.3, 0.4) is 0 Å². The van der Waals surface area contributed by atoms with Crippen LogP contribution in [0, 0.1) is 0 Å². The molecule has 21 heavy (non-hydrogen) atoms. The zero-order chi connectivity index (χ0) is 14.7. The van der Waals surface area contributed by atoms with Gasteiger partial charge in [0.2, 0.25) is 0 Å². The predicted molar refractivity (Wildman–Crippen MR) is 75.2 cm³/mol. The average Bonchev–Trinajstić information content (AvgIpc) is 2.53. The van der Waals surface area contributed by atoms with Crippen LogP contribution in [-0.4, -0.2) is 30.4 Å². The molecule has 1 aliphatic rings. The molecule has 2 aromatic carbocycles. The van der Waals surface area contributed by atoms with Gasteiger partial charge in [-0.05, 0) is 30.3 Å². The molecule has 5 heteroatoms. The smallest absolute Gasteiger partial charge is 0.335 e. The lowest BCUT2D eigenvalue weighted by Gasteiger charge is -2.26. The van der Waals surface area contributed by atoms with Gasteiger partial charge in [-0.3, -0.25) is 0 Å². The summed E-state index contributed by atoms with van der Waals surface area (Å²) in [6, 6.07) is 13.8. The van der Waals surface area contributed by atoms with Crippen molar-refractivity contribution in [2.45, 2.75) is 6.10 Å². The standard InChI is InChI=1S/C16H14O5/c17-16(18)11-4-3-5-12(8-11)19-9-13-10-20-14-6-1-2-7-15(14)21-13/h1-8,13H,9-10H2,(H,17,18). The van der Waals surface area contributed by atoms with Crippen LogP contribution in [0.1, 0.15) is 10.4 Å². The molecule has 1 aliphatic heterocycles. The largest absolute Gasteiger partial charge is 0.490 e. The van der Waals surface area contributed by atoms with E-state index in [9.17, 15) is 4.79 Å². The lowest BCUT2D eigenvalue weighted by atomic mass is 10.2. The van der Waals surface area contributed by atoms with E-state index < -0.39 is 5.97 Å². The molecule has 108 valence electrons. The van der Waals surface area contributed by atoms with Gasteiger partial charge in [0.25, 0.3) is 0 Å². The summed E-state index contributed by atoms with van der Waals surface area (Å²) in [6.45, 7) is 0.688. The van der Waals surface area contributed by atoms with Gasteiger partial charge >= 0.3 is 5.97 Å². The van der Waals surface area contributed by atoms with Crippen LogP contribution in [0.15, 0.2) is 48.5 Å². The van der Waals surface area contributed by atoms with E-state index >= 15 is 0 Å². The number of para-hydroxylation sites is 2. The SMILES string of the molecule is O=C(O)c1cccc(OCC2COc3ccccc3O2)c1. The summed E-state index contributed by atoms with van der Waals surface area (Å²) in [6.07, 6.45) is -0.228. The Hall–Kier alpha value is -2.69. The fourth-order valence-corrected chi connectivity index (χ4v) is 2.05. The Bertz CT molecular complexity index is 653. The maximum absolute atomic E-state index is 10.9. The lowest BCUT2D eigenvalue weighted by Crippen LogP contribution is -2.34. The Labute approximate surface area is 121 Å². The summed E-state index contributed by atoms with van der Waals surface area (Å²) in [7, 11) is 0. The third-order valence-electron chi connectivity index (χ3n) is 3.08. The van der Waals surface area contributed by atoms with Crippen molar-refractivity contribution in [1.82, 2.24) is 0 Å². The highest BCUT2D eigenvalue weighted by atomic mass is 16.6. The molecule has 1 atom stereocenters. The van der Waals surface area contributed by atoms with Gasteiger partial charge in [-0.1, -0.05) is 18.2 Å². The zero-order valence-corrected chi connectivity index (χ0v) is 11.2. The van der Waals surface area contributed by atoms with Crippen LogP contribution >= 0.6 is 0 Å². The van der Waals surface area contributed by atoms with Crippen molar-refractivity contribution in [3.8, 4) is 17.2 Å². The van der Waals surface area contributed by atoms with Gasteiger partial charge in [0, 0.05) is 0 Å². The second-order valence-electron chi connectivity index (χ2n) is 4.64. The number of carbonyl (C=O) groups is 1. The normalized spacial score (nSPS) is 16.3. The molecule has 0 bridgehead atoms. The molecule has 0 saturated carbocycles. The van der Waals surface area contributed by atoms with E-state index in [1.165, 1.54) is 12.1 Å². The number of aromatic carboxylic acids is 1. The van der Waals surface area contributed by atoms with Crippen LogP contribution < -0.4 is 14.2 Å². The van der Waals surface area contributed by atoms with Gasteiger partial charge in [0.05, 0.1) is 5.56 Å². The summed E-state index contributed by atoms with van der Waals surface area (Å²) in [4.78, 5) is 10.9. The molecule has 1 unspecified atom stereocenters. The van der Waals surface area contributed by atoms with E-state index in [-0.39, 0.29) is 18.3 Å². The first-order valence-electron chi connectivity index (χ1n) is 6.57. The van der Waals surface area contributed by atoms with E-state index in [4.69, 9.17) is 19.3 Å². The predicted octanol–water partition coefficient (Wildman–Crippen LogP) is 2.60. The minimum atomic E-state index is -0.980. The second-order valence-corrected chi connectivity index (χ2v) is 4.64. The van der Waals surface area contributed by atoms with Crippen LogP contribution in [-0.2, 0) is 0 Å². The first kappa shape index (κ1) is 13.3. The van der Waals surface area contributed by atoms with Crippen molar-refractivity contribution in [3.05, 3.63) is 54.1 Å². The molecule has 5 nitrogen and oxygen atoms in total. The molecule has 0 saturated heterocycles. The fourth-order valence-electron chi connectivity index (χ4n) is 2.05. The Morgan fingerprint density at radius 3 is 2.81 bits per heavy atom. The first-order valence-corrected chi connectivity index (χ1v) is 6.57. The number of carboxylic acid groups (broad SMARTS) is 1. The van der Waals surface area contributed by atoms with E-state index in [1.54, 1.807) is 12.1 Å². The highest BCUT2D eigenvalue weighted by Gasteiger charge is 2.21. The number of ether oxygens (including phenoxy) is 3. The molecule has 1 N–H and O–H groups in total. The van der Waals surface area contributed by atoms with Crippen molar-refractivity contribution < 1.29 is 24.1 Å². The Balaban J connectivity index is 1.61. The number of carboxylic acids is 1. The zero-order valence-electron chi connectivity index (χ0n) is 11.2. The Morgan fingerprint density at radius 2 is 2.00 bits per heavy atom. The van der Waals surface area contributed by atoms with Gasteiger partial charge in [-0.2, -0.15) is 0 Å². The van der Waals surface area contributed by atoms with Gasteiger partial charge < -0.3 is 19.3 Å². The first-order chi connectivity index (χ1) is 10.2. The summed E-state index contributed by atoms with van der Waals surface area (Å²) < 4.78 is 16.9. The minimum absolute atomic E-state index is 0.193. The third kappa shape index (κ3) is 3.08. The number of hydrogen-bond acceptors (Lipinski definition) is 4. The molecule has 0 fully saturated rings. The molecular formula is C16H14O5. The topological polar surface area (TPSA) is 65.0 Å². The van der Waals surface area contributed by atoms with E-state index in [1.807, 2.05) is 24.3 Å². The van der Waals surface area contributed by atoms with E-state index in [0.717, 1.165) is 5.75 Å². The number of hydrogen-bond donors (Lipinski definition) is 1. The van der Waals surface area contributed by atoms with E-state index in [2.05, 4.69) is 0 Å². The van der Waals surface area contributed by atoms with Crippen molar-refractivity contribution >= 4 is 5.97 Å². The van der Waals surface area contributed by atoms with Gasteiger partial charge in [0.15, 0.2) is 17.6 Å². The second kappa shape index (κ2) is 5.75. The van der Waals surface area contributed by atoms with Gasteiger partial charge in [-0.15, -0.1) is 0 Å². The highest BCUT2D eigenvalue weighted by Crippen LogP contribution is 2.31. The summed E-state index contributed by atoms with van der Waals surface area (Å²) in [5.74, 6) is 0.933. The maximum atomic E-state index is 10.9. The summed E-state index contributed by atoms with van der Waals surface area (Å²) >= 11 is 0.